The average molecular weight is 506 g/mol. The van der Waals surface area contributed by atoms with Crippen molar-refractivity contribution < 1.29 is 18.3 Å². The summed E-state index contributed by atoms with van der Waals surface area (Å²) in [5.74, 6) is 5.68. The number of piperidine rings is 2. The molecule has 0 aliphatic carbocycles. The number of ether oxygens (including phenoxy) is 2. The van der Waals surface area contributed by atoms with Gasteiger partial charge in [0.25, 0.3) is 0 Å². The maximum Gasteiger partial charge on any atom is 0.126 e. The number of nitrogens with two attached hydrogens (primary N) is 1. The monoisotopic (exact) mass is 505 g/mol. The molecule has 2 aromatic rings. The highest BCUT2D eigenvalue weighted by Crippen LogP contribution is 2.34. The van der Waals surface area contributed by atoms with Gasteiger partial charge in [-0.3, -0.25) is 5.84 Å². The zero-order valence-electron chi connectivity index (χ0n) is 21.2. The minimum absolute atomic E-state index is 0. The Morgan fingerprint density at radius 3 is 1.89 bits per heavy atom. The van der Waals surface area contributed by atoms with Crippen LogP contribution in [0.15, 0.2) is 48.5 Å². The number of nitrogens with zero attached hydrogens (tertiary/aromatic N) is 1. The van der Waals surface area contributed by atoms with Gasteiger partial charge in [0.05, 0.1) is 13.2 Å². The largest absolute Gasteiger partial charge is 0.384 e. The number of benzene rings is 2. The summed E-state index contributed by atoms with van der Waals surface area (Å²) in [4.78, 5) is 0. The van der Waals surface area contributed by atoms with Crippen molar-refractivity contribution in [2.75, 3.05) is 53.6 Å². The quantitative estimate of drug-likeness (QED) is 0.495. The lowest BCUT2D eigenvalue weighted by Gasteiger charge is -2.41. The van der Waals surface area contributed by atoms with Crippen LogP contribution in [0.1, 0.15) is 44.2 Å². The van der Waals surface area contributed by atoms with E-state index in [9.17, 15) is 8.78 Å². The Labute approximate surface area is 216 Å². The summed E-state index contributed by atoms with van der Waals surface area (Å²) in [7, 11) is 3.41. The molecule has 0 bridgehead atoms. The molecule has 5 nitrogen and oxygen atoms in total. The Hall–Kier alpha value is -1.90. The molecule has 0 radical (unpaired) electrons. The van der Waals surface area contributed by atoms with Crippen molar-refractivity contribution in [2.45, 2.75) is 46.0 Å². The second kappa shape index (κ2) is 14.7. The summed E-state index contributed by atoms with van der Waals surface area (Å²) < 4.78 is 38.1. The third-order valence-corrected chi connectivity index (χ3v) is 7.20. The maximum absolute atomic E-state index is 13.8. The Kier molecular flexibility index (Phi) is 12.4. The first-order valence-electron chi connectivity index (χ1n) is 12.6. The van der Waals surface area contributed by atoms with Crippen LogP contribution in [0, 0.1) is 22.5 Å². The summed E-state index contributed by atoms with van der Waals surface area (Å²) in [5, 5.41) is 5.22. The fraction of sp³-hybridized carbons (Fsp3) is 0.586. The van der Waals surface area contributed by atoms with E-state index in [1.807, 2.05) is 29.3 Å². The van der Waals surface area contributed by atoms with Crippen molar-refractivity contribution in [3.63, 3.8) is 0 Å². The first-order chi connectivity index (χ1) is 16.9. The smallest absolute Gasteiger partial charge is 0.126 e. The molecular weight excluding hydrogens is 460 g/mol. The number of rotatable bonds is 8. The summed E-state index contributed by atoms with van der Waals surface area (Å²) in [6.45, 7) is 4.94. The molecule has 2 aliphatic rings. The Balaban J connectivity index is 0.000000247. The van der Waals surface area contributed by atoms with Gasteiger partial charge >= 0.3 is 0 Å². The molecule has 0 saturated carbocycles. The molecule has 0 amide bonds. The lowest BCUT2D eigenvalue weighted by atomic mass is 9.76. The number of hydrazine groups is 1. The summed E-state index contributed by atoms with van der Waals surface area (Å²) in [6.07, 6.45) is 5.74. The molecule has 3 N–H and O–H groups in total. The minimum Gasteiger partial charge on any atom is -0.384 e. The van der Waals surface area contributed by atoms with Crippen molar-refractivity contribution in [3.05, 3.63) is 71.3 Å². The van der Waals surface area contributed by atoms with Crippen molar-refractivity contribution >= 4 is 0 Å². The standard InChI is InChI=1S/C14H21FN2O.C14H20FNO.CH4/c1-18-11-14(7-4-8-17(16)10-14)9-12-5-2-3-6-13(12)15;1-17-11-14(7-4-8-16-10-14)9-12-5-2-3-6-13(12)15;/h2-3,5-6H,4,7-11,16H2,1H3;2-3,5-6,16H,4,7-11H2,1H3;1H4. The fourth-order valence-corrected chi connectivity index (χ4v) is 5.62. The van der Waals surface area contributed by atoms with Gasteiger partial charge in [-0.25, -0.2) is 13.8 Å². The second-order valence-electron chi connectivity index (χ2n) is 10.3. The van der Waals surface area contributed by atoms with E-state index in [4.69, 9.17) is 15.3 Å². The first kappa shape index (κ1) is 30.3. The van der Waals surface area contributed by atoms with E-state index in [-0.39, 0.29) is 29.9 Å². The highest BCUT2D eigenvalue weighted by atomic mass is 19.1. The van der Waals surface area contributed by atoms with Gasteiger partial charge in [-0.2, -0.15) is 0 Å². The van der Waals surface area contributed by atoms with E-state index >= 15 is 0 Å². The molecular formula is C29H45F2N3O2. The topological polar surface area (TPSA) is 59.8 Å². The Morgan fingerprint density at radius 1 is 0.861 bits per heavy atom. The van der Waals surface area contributed by atoms with Gasteiger partial charge in [0.15, 0.2) is 0 Å². The summed E-state index contributed by atoms with van der Waals surface area (Å²) in [6, 6.07) is 14.0. The number of hydrogen-bond donors (Lipinski definition) is 2. The van der Waals surface area contributed by atoms with E-state index in [2.05, 4.69) is 5.32 Å². The van der Waals surface area contributed by atoms with Crippen LogP contribution in [0.3, 0.4) is 0 Å². The van der Waals surface area contributed by atoms with Crippen LogP contribution in [0.2, 0.25) is 0 Å². The van der Waals surface area contributed by atoms with Gasteiger partial charge < -0.3 is 14.8 Å². The molecule has 2 unspecified atom stereocenters. The third kappa shape index (κ3) is 8.60. The van der Waals surface area contributed by atoms with E-state index in [0.717, 1.165) is 69.4 Å². The molecule has 7 heteroatoms. The third-order valence-electron chi connectivity index (χ3n) is 7.20. The molecule has 2 heterocycles. The highest BCUT2D eigenvalue weighted by Gasteiger charge is 2.36. The molecule has 2 aromatic carbocycles. The Morgan fingerprint density at radius 2 is 1.39 bits per heavy atom. The van der Waals surface area contributed by atoms with Gasteiger partial charge in [-0.05, 0) is 68.3 Å². The van der Waals surface area contributed by atoms with Gasteiger partial charge in [-0.15, -0.1) is 0 Å². The number of hydrogen-bond acceptors (Lipinski definition) is 5. The Bertz CT molecular complexity index is 898. The number of nitrogens with one attached hydrogen (secondary N) is 1. The number of methoxy groups -OCH3 is 2. The predicted molar refractivity (Wildman–Crippen MR) is 143 cm³/mol. The lowest BCUT2D eigenvalue weighted by Crippen LogP contribution is -2.49. The van der Waals surface area contributed by atoms with Gasteiger partial charge in [0.2, 0.25) is 0 Å². The molecule has 0 aromatic heterocycles. The SMILES string of the molecule is C.COCC1(Cc2ccccc2F)CCCN(N)C1.COCC1(Cc2ccccc2F)CCCNC1. The van der Waals surface area contributed by atoms with Crippen LogP contribution in [0.4, 0.5) is 8.78 Å². The van der Waals surface area contributed by atoms with Crippen LogP contribution >= 0.6 is 0 Å². The van der Waals surface area contributed by atoms with Gasteiger partial charge in [-0.1, -0.05) is 43.8 Å². The molecule has 2 aliphatic heterocycles. The van der Waals surface area contributed by atoms with Crippen LogP contribution < -0.4 is 11.2 Å². The summed E-state index contributed by atoms with van der Waals surface area (Å²) in [5.41, 5.74) is 1.54. The fourth-order valence-electron chi connectivity index (χ4n) is 5.62. The molecule has 2 fully saturated rings. The number of halogens is 2. The highest BCUT2D eigenvalue weighted by molar-refractivity contribution is 5.20. The van der Waals surface area contributed by atoms with Gasteiger partial charge in [0.1, 0.15) is 11.6 Å². The predicted octanol–water partition coefficient (Wildman–Crippen LogP) is 4.99. The molecule has 2 saturated heterocycles. The van der Waals surface area contributed by atoms with E-state index < -0.39 is 0 Å². The minimum atomic E-state index is -0.137. The van der Waals surface area contributed by atoms with Crippen molar-refractivity contribution in [1.29, 1.82) is 0 Å². The van der Waals surface area contributed by atoms with Crippen molar-refractivity contribution in [3.8, 4) is 0 Å². The van der Waals surface area contributed by atoms with Crippen molar-refractivity contribution in [1.82, 2.24) is 10.3 Å². The van der Waals surface area contributed by atoms with E-state index in [1.165, 1.54) is 12.1 Å². The van der Waals surface area contributed by atoms with Crippen molar-refractivity contribution in [2.24, 2.45) is 16.7 Å². The normalized spacial score (nSPS) is 24.4. The average Bonchev–Trinajstić information content (AvgIpc) is 2.83. The summed E-state index contributed by atoms with van der Waals surface area (Å²) >= 11 is 0. The molecule has 202 valence electrons. The molecule has 0 spiro atoms. The zero-order chi connectivity index (χ0) is 25.2. The van der Waals surface area contributed by atoms with Gasteiger partial charge in [0, 0.05) is 44.7 Å². The molecule has 36 heavy (non-hydrogen) atoms. The molecule has 4 rings (SSSR count). The van der Waals surface area contributed by atoms with Crippen LogP contribution in [0.5, 0.6) is 0 Å². The zero-order valence-corrected chi connectivity index (χ0v) is 21.2. The van der Waals surface area contributed by atoms with Crippen LogP contribution in [-0.4, -0.2) is 58.6 Å². The second-order valence-corrected chi connectivity index (χ2v) is 10.3. The van der Waals surface area contributed by atoms with E-state index in [1.54, 1.807) is 26.4 Å². The maximum atomic E-state index is 13.8. The molecule has 2 atom stereocenters. The first-order valence-corrected chi connectivity index (χ1v) is 12.6. The van der Waals surface area contributed by atoms with Crippen LogP contribution in [-0.2, 0) is 22.3 Å². The van der Waals surface area contributed by atoms with Crippen LogP contribution in [0.25, 0.3) is 0 Å². The lowest BCUT2D eigenvalue weighted by molar-refractivity contribution is 0.0111. The van der Waals surface area contributed by atoms with E-state index in [0.29, 0.717) is 19.6 Å².